The topological polar surface area (TPSA) is 58.0 Å². The standard InChI is InChI=1S/C25H29N3O3/c1-30-22-11-9-20(10-12-22)18-25(29)26-19-23(24-8-5-17-31-24)28-15-13-27(14-16-28)21-6-3-2-4-7-21/h2-12,17,23H,13-16,18-19H2,1H3,(H,26,29)/t23-/m1/s1. The Labute approximate surface area is 183 Å². The van der Waals surface area contributed by atoms with E-state index in [0.717, 1.165) is 43.3 Å². The zero-order valence-electron chi connectivity index (χ0n) is 17.9. The SMILES string of the molecule is COc1ccc(CC(=O)NC[C@H](c2ccco2)N2CCN(c3ccccc3)CC2)cc1. The molecule has 1 amide bonds. The first-order chi connectivity index (χ1) is 15.2. The first-order valence-corrected chi connectivity index (χ1v) is 10.7. The number of hydrogen-bond donors (Lipinski definition) is 1. The number of anilines is 1. The summed E-state index contributed by atoms with van der Waals surface area (Å²) in [6.07, 6.45) is 2.04. The molecule has 1 fully saturated rings. The van der Waals surface area contributed by atoms with Gasteiger partial charge in [0.2, 0.25) is 5.91 Å². The van der Waals surface area contributed by atoms with Crippen LogP contribution in [0, 0.1) is 0 Å². The van der Waals surface area contributed by atoms with Crippen molar-refractivity contribution in [2.45, 2.75) is 12.5 Å². The Bertz CT molecular complexity index is 934. The highest BCUT2D eigenvalue weighted by Crippen LogP contribution is 2.24. The van der Waals surface area contributed by atoms with Gasteiger partial charge in [-0.2, -0.15) is 0 Å². The van der Waals surface area contributed by atoms with E-state index < -0.39 is 0 Å². The lowest BCUT2D eigenvalue weighted by Crippen LogP contribution is -2.50. The van der Waals surface area contributed by atoms with Crippen molar-refractivity contribution in [3.05, 3.63) is 84.3 Å². The number of ether oxygens (including phenoxy) is 1. The molecule has 0 aliphatic carbocycles. The number of nitrogens with one attached hydrogen (secondary N) is 1. The summed E-state index contributed by atoms with van der Waals surface area (Å²) >= 11 is 0. The first-order valence-electron chi connectivity index (χ1n) is 10.7. The molecule has 0 spiro atoms. The number of nitrogens with zero attached hydrogens (tertiary/aromatic N) is 2. The Balaban J connectivity index is 1.34. The van der Waals surface area contributed by atoms with Crippen molar-refractivity contribution in [2.24, 2.45) is 0 Å². The Kier molecular flexibility index (Phi) is 6.89. The third-order valence-electron chi connectivity index (χ3n) is 5.76. The van der Waals surface area contributed by atoms with Crippen molar-refractivity contribution in [1.82, 2.24) is 10.2 Å². The maximum absolute atomic E-state index is 12.6. The Hall–Kier alpha value is -3.25. The van der Waals surface area contributed by atoms with Crippen molar-refractivity contribution < 1.29 is 13.9 Å². The molecule has 0 unspecified atom stereocenters. The van der Waals surface area contributed by atoms with Gasteiger partial charge in [0.1, 0.15) is 11.5 Å². The second-order valence-corrected chi connectivity index (χ2v) is 7.72. The number of amides is 1. The molecule has 3 aromatic rings. The molecular formula is C25H29N3O3. The van der Waals surface area contributed by atoms with Gasteiger partial charge in [0.05, 0.1) is 25.8 Å². The predicted octanol–water partition coefficient (Wildman–Crippen LogP) is 3.51. The number of methoxy groups -OCH3 is 1. The lowest BCUT2D eigenvalue weighted by Gasteiger charge is -2.39. The number of hydrogen-bond acceptors (Lipinski definition) is 5. The second kappa shape index (κ2) is 10.2. The van der Waals surface area contributed by atoms with Crippen LogP contribution in [0.3, 0.4) is 0 Å². The molecular weight excluding hydrogens is 390 g/mol. The van der Waals surface area contributed by atoms with Crippen molar-refractivity contribution >= 4 is 11.6 Å². The molecule has 31 heavy (non-hydrogen) atoms. The van der Waals surface area contributed by atoms with Crippen LogP contribution in [0.1, 0.15) is 17.4 Å². The van der Waals surface area contributed by atoms with Crippen LogP contribution in [0.5, 0.6) is 5.75 Å². The summed E-state index contributed by atoms with van der Waals surface area (Å²) in [4.78, 5) is 17.4. The van der Waals surface area contributed by atoms with Crippen LogP contribution in [-0.4, -0.2) is 50.6 Å². The summed E-state index contributed by atoms with van der Waals surface area (Å²) in [7, 11) is 1.64. The van der Waals surface area contributed by atoms with E-state index in [9.17, 15) is 4.79 Å². The van der Waals surface area contributed by atoms with Gasteiger partial charge in [-0.25, -0.2) is 0 Å². The molecule has 1 aliphatic heterocycles. The van der Waals surface area contributed by atoms with Gasteiger partial charge in [-0.05, 0) is 42.0 Å². The quantitative estimate of drug-likeness (QED) is 0.606. The molecule has 4 rings (SSSR count). The lowest BCUT2D eigenvalue weighted by molar-refractivity contribution is -0.120. The Morgan fingerprint density at radius 2 is 1.74 bits per heavy atom. The number of benzene rings is 2. The minimum absolute atomic E-state index is 0.00430. The van der Waals surface area contributed by atoms with Gasteiger partial charge in [-0.15, -0.1) is 0 Å². The molecule has 6 heteroatoms. The van der Waals surface area contributed by atoms with E-state index in [4.69, 9.17) is 9.15 Å². The largest absolute Gasteiger partial charge is 0.497 e. The highest BCUT2D eigenvalue weighted by Gasteiger charge is 2.27. The molecule has 2 aromatic carbocycles. The fourth-order valence-corrected chi connectivity index (χ4v) is 4.02. The van der Waals surface area contributed by atoms with Crippen molar-refractivity contribution in [1.29, 1.82) is 0 Å². The van der Waals surface area contributed by atoms with E-state index in [1.165, 1.54) is 5.69 Å². The predicted molar refractivity (Wildman–Crippen MR) is 121 cm³/mol. The Morgan fingerprint density at radius 1 is 1.00 bits per heavy atom. The molecule has 1 saturated heterocycles. The molecule has 0 saturated carbocycles. The number of carbonyl (C=O) groups excluding carboxylic acids is 1. The molecule has 1 aliphatic rings. The minimum atomic E-state index is 0.00430. The minimum Gasteiger partial charge on any atom is -0.497 e. The van der Waals surface area contributed by atoms with Gasteiger partial charge in [-0.3, -0.25) is 9.69 Å². The van der Waals surface area contributed by atoms with Gasteiger partial charge in [0.25, 0.3) is 0 Å². The van der Waals surface area contributed by atoms with Crippen LogP contribution in [0.25, 0.3) is 0 Å². The highest BCUT2D eigenvalue weighted by molar-refractivity contribution is 5.78. The van der Waals surface area contributed by atoms with E-state index in [1.54, 1.807) is 13.4 Å². The average Bonchev–Trinajstić information content (AvgIpc) is 3.35. The third kappa shape index (κ3) is 5.47. The van der Waals surface area contributed by atoms with Gasteiger partial charge < -0.3 is 19.4 Å². The number of rotatable bonds is 8. The summed E-state index contributed by atoms with van der Waals surface area (Å²) in [6.45, 7) is 4.24. The summed E-state index contributed by atoms with van der Waals surface area (Å²) in [5.41, 5.74) is 2.22. The highest BCUT2D eigenvalue weighted by atomic mass is 16.5. The second-order valence-electron chi connectivity index (χ2n) is 7.72. The number of piperazine rings is 1. The molecule has 1 N–H and O–H groups in total. The number of furan rings is 1. The third-order valence-corrected chi connectivity index (χ3v) is 5.76. The first kappa shape index (κ1) is 21.0. The Morgan fingerprint density at radius 3 is 2.39 bits per heavy atom. The van der Waals surface area contributed by atoms with Crippen LogP contribution in [-0.2, 0) is 11.2 Å². The molecule has 162 valence electrons. The lowest BCUT2D eigenvalue weighted by atomic mass is 10.1. The van der Waals surface area contributed by atoms with E-state index in [0.29, 0.717) is 13.0 Å². The van der Waals surface area contributed by atoms with E-state index in [1.807, 2.05) is 42.5 Å². The molecule has 1 aromatic heterocycles. The summed E-state index contributed by atoms with van der Waals surface area (Å²) in [5, 5.41) is 3.10. The maximum Gasteiger partial charge on any atom is 0.224 e. The monoisotopic (exact) mass is 419 g/mol. The van der Waals surface area contributed by atoms with Crippen LogP contribution < -0.4 is 15.0 Å². The molecule has 2 heterocycles. The van der Waals surface area contributed by atoms with Gasteiger partial charge in [0, 0.05) is 38.4 Å². The zero-order chi connectivity index (χ0) is 21.5. The fraction of sp³-hybridized carbons (Fsp3) is 0.320. The average molecular weight is 420 g/mol. The zero-order valence-corrected chi connectivity index (χ0v) is 17.9. The maximum atomic E-state index is 12.6. The smallest absolute Gasteiger partial charge is 0.224 e. The van der Waals surface area contributed by atoms with Gasteiger partial charge in [0.15, 0.2) is 0 Å². The van der Waals surface area contributed by atoms with Gasteiger partial charge >= 0.3 is 0 Å². The molecule has 6 nitrogen and oxygen atoms in total. The van der Waals surface area contributed by atoms with Crippen LogP contribution >= 0.6 is 0 Å². The van der Waals surface area contributed by atoms with Crippen molar-refractivity contribution in [3.63, 3.8) is 0 Å². The van der Waals surface area contributed by atoms with E-state index in [2.05, 4.69) is 39.4 Å². The van der Waals surface area contributed by atoms with Crippen LogP contribution in [0.15, 0.2) is 77.4 Å². The normalized spacial score (nSPS) is 15.5. The van der Waals surface area contributed by atoms with Crippen LogP contribution in [0.4, 0.5) is 5.69 Å². The van der Waals surface area contributed by atoms with Crippen LogP contribution in [0.2, 0.25) is 0 Å². The summed E-state index contributed by atoms with van der Waals surface area (Å²) < 4.78 is 10.9. The summed E-state index contributed by atoms with van der Waals surface area (Å²) in [5.74, 6) is 1.68. The number of carbonyl (C=O) groups is 1. The fourth-order valence-electron chi connectivity index (χ4n) is 4.02. The van der Waals surface area contributed by atoms with E-state index >= 15 is 0 Å². The summed E-state index contributed by atoms with van der Waals surface area (Å²) in [6, 6.07) is 22.0. The van der Waals surface area contributed by atoms with Crippen molar-refractivity contribution in [3.8, 4) is 5.75 Å². The number of para-hydroxylation sites is 1. The molecule has 1 atom stereocenters. The molecule has 0 radical (unpaired) electrons. The molecule has 0 bridgehead atoms. The van der Waals surface area contributed by atoms with E-state index in [-0.39, 0.29) is 11.9 Å². The van der Waals surface area contributed by atoms with Crippen molar-refractivity contribution in [2.75, 3.05) is 44.7 Å². The van der Waals surface area contributed by atoms with Gasteiger partial charge in [-0.1, -0.05) is 30.3 Å².